The Balaban J connectivity index is 2.79. The average molecular weight is 195 g/mol. The van der Waals surface area contributed by atoms with Gasteiger partial charge in [-0.05, 0) is 26.9 Å². The van der Waals surface area contributed by atoms with Crippen molar-refractivity contribution in [2.45, 2.75) is 44.1 Å². The van der Waals surface area contributed by atoms with E-state index in [1.54, 1.807) is 6.08 Å². The maximum atomic E-state index is 12.0. The lowest BCUT2D eigenvalue weighted by Gasteiger charge is -2.41. The fourth-order valence-electron chi connectivity index (χ4n) is 2.43. The zero-order valence-corrected chi connectivity index (χ0v) is 9.38. The molecule has 1 aliphatic rings. The van der Waals surface area contributed by atoms with Gasteiger partial charge in [-0.2, -0.15) is 0 Å². The smallest absolute Gasteiger partial charge is 0.156 e. The summed E-state index contributed by atoms with van der Waals surface area (Å²) in [5.41, 5.74) is -0.188. The maximum Gasteiger partial charge on any atom is 0.156 e. The lowest BCUT2D eigenvalue weighted by molar-refractivity contribution is -0.130. The topological polar surface area (TPSA) is 20.3 Å². The molecule has 0 aromatic rings. The van der Waals surface area contributed by atoms with E-state index in [1.807, 2.05) is 14.1 Å². The Morgan fingerprint density at radius 3 is 2.36 bits per heavy atom. The lowest BCUT2D eigenvalue weighted by atomic mass is 9.76. The first-order chi connectivity index (χ1) is 6.63. The molecule has 1 fully saturated rings. The second-order valence-electron chi connectivity index (χ2n) is 4.40. The van der Waals surface area contributed by atoms with E-state index in [9.17, 15) is 4.79 Å². The first kappa shape index (κ1) is 11.4. The quantitative estimate of drug-likeness (QED) is 0.642. The number of nitrogens with zero attached hydrogens (tertiary/aromatic N) is 1. The Labute approximate surface area is 87.0 Å². The summed E-state index contributed by atoms with van der Waals surface area (Å²) in [6.07, 6.45) is 7.92. The summed E-state index contributed by atoms with van der Waals surface area (Å²) in [7, 11) is 4.04. The number of carbonyl (C=O) groups excluding carboxylic acids is 1. The van der Waals surface area contributed by atoms with E-state index < -0.39 is 0 Å². The molecule has 2 nitrogen and oxygen atoms in total. The van der Waals surface area contributed by atoms with Crippen molar-refractivity contribution in [1.82, 2.24) is 4.90 Å². The number of ketones is 1. The molecule has 0 N–H and O–H groups in total. The van der Waals surface area contributed by atoms with Crippen LogP contribution in [-0.4, -0.2) is 30.3 Å². The first-order valence-corrected chi connectivity index (χ1v) is 5.45. The minimum absolute atomic E-state index is 0.188. The Hall–Kier alpha value is -0.630. The minimum Gasteiger partial charge on any atom is -0.297 e. The monoisotopic (exact) mass is 195 g/mol. The Bertz CT molecular complexity index is 214. The van der Waals surface area contributed by atoms with Crippen LogP contribution >= 0.6 is 0 Å². The van der Waals surface area contributed by atoms with Gasteiger partial charge in [0.05, 0.1) is 5.54 Å². The Kier molecular flexibility index (Phi) is 3.87. The van der Waals surface area contributed by atoms with Gasteiger partial charge in [0.2, 0.25) is 0 Å². The zero-order chi connectivity index (χ0) is 10.6. The molecule has 0 aromatic carbocycles. The predicted octanol–water partition coefficient (Wildman–Crippen LogP) is 2.40. The maximum absolute atomic E-state index is 12.0. The average Bonchev–Trinajstić information content (AvgIpc) is 2.19. The summed E-state index contributed by atoms with van der Waals surface area (Å²) in [5, 5.41) is 0. The standard InChI is InChI=1S/C12H21NO/c1-4-8-11(14)12(13(2)3)9-6-5-7-10-12/h4H,1,5-10H2,2-3H3. The molecule has 0 aliphatic heterocycles. The Morgan fingerprint density at radius 2 is 1.93 bits per heavy atom. The highest BCUT2D eigenvalue weighted by Crippen LogP contribution is 2.33. The van der Waals surface area contributed by atoms with Gasteiger partial charge in [0.25, 0.3) is 0 Å². The van der Waals surface area contributed by atoms with Gasteiger partial charge in [-0.1, -0.05) is 25.3 Å². The summed E-state index contributed by atoms with van der Waals surface area (Å²) in [5.74, 6) is 0.345. The van der Waals surface area contributed by atoms with Gasteiger partial charge in [-0.25, -0.2) is 0 Å². The molecule has 0 spiro atoms. The van der Waals surface area contributed by atoms with Crippen LogP contribution in [0.1, 0.15) is 38.5 Å². The summed E-state index contributed by atoms with van der Waals surface area (Å²) < 4.78 is 0. The molecule has 0 unspecified atom stereocenters. The van der Waals surface area contributed by atoms with Crippen LogP contribution in [-0.2, 0) is 4.79 Å². The van der Waals surface area contributed by atoms with Crippen molar-refractivity contribution in [3.63, 3.8) is 0 Å². The molecule has 0 atom stereocenters. The van der Waals surface area contributed by atoms with Crippen molar-refractivity contribution in [3.8, 4) is 0 Å². The molecule has 1 aliphatic carbocycles. The highest BCUT2D eigenvalue weighted by Gasteiger charge is 2.39. The lowest BCUT2D eigenvalue weighted by Crippen LogP contribution is -2.52. The molecule has 1 rings (SSSR count). The van der Waals surface area contributed by atoms with E-state index in [0.717, 1.165) is 12.8 Å². The predicted molar refractivity (Wildman–Crippen MR) is 59.3 cm³/mol. The largest absolute Gasteiger partial charge is 0.297 e. The molecule has 0 aromatic heterocycles. The third-order valence-electron chi connectivity index (χ3n) is 3.39. The van der Waals surface area contributed by atoms with E-state index in [1.165, 1.54) is 19.3 Å². The number of Topliss-reactive ketones (excluding diaryl/α,β-unsaturated/α-hetero) is 1. The summed E-state index contributed by atoms with van der Waals surface area (Å²) in [6.45, 7) is 3.65. The third kappa shape index (κ3) is 2.06. The molecule has 0 bridgehead atoms. The Morgan fingerprint density at radius 1 is 1.36 bits per heavy atom. The molecule has 2 heteroatoms. The van der Waals surface area contributed by atoms with Crippen LogP contribution in [0.2, 0.25) is 0 Å². The van der Waals surface area contributed by atoms with Crippen LogP contribution in [0, 0.1) is 0 Å². The number of rotatable bonds is 4. The molecule has 0 saturated heterocycles. The van der Waals surface area contributed by atoms with Crippen molar-refractivity contribution in [3.05, 3.63) is 12.7 Å². The van der Waals surface area contributed by atoms with Gasteiger partial charge >= 0.3 is 0 Å². The summed E-state index contributed by atoms with van der Waals surface area (Å²) >= 11 is 0. The van der Waals surface area contributed by atoms with Crippen molar-refractivity contribution in [2.75, 3.05) is 14.1 Å². The molecule has 1 saturated carbocycles. The van der Waals surface area contributed by atoms with Crippen LogP contribution in [0.4, 0.5) is 0 Å². The number of likely N-dealkylation sites (N-methyl/N-ethyl adjacent to an activating group) is 1. The van der Waals surface area contributed by atoms with Gasteiger partial charge in [-0.15, -0.1) is 6.58 Å². The van der Waals surface area contributed by atoms with Gasteiger partial charge < -0.3 is 0 Å². The number of hydrogen-bond acceptors (Lipinski definition) is 2. The molecule has 14 heavy (non-hydrogen) atoms. The van der Waals surface area contributed by atoms with Crippen LogP contribution in [0.15, 0.2) is 12.7 Å². The summed E-state index contributed by atoms with van der Waals surface area (Å²) in [6, 6.07) is 0. The molecule has 80 valence electrons. The molecule has 0 radical (unpaired) electrons. The van der Waals surface area contributed by atoms with Crippen molar-refractivity contribution < 1.29 is 4.79 Å². The molecular weight excluding hydrogens is 174 g/mol. The van der Waals surface area contributed by atoms with E-state index >= 15 is 0 Å². The number of allylic oxidation sites excluding steroid dienone is 1. The van der Waals surface area contributed by atoms with Crippen molar-refractivity contribution >= 4 is 5.78 Å². The first-order valence-electron chi connectivity index (χ1n) is 5.45. The molecule has 0 heterocycles. The fraction of sp³-hybridized carbons (Fsp3) is 0.750. The second-order valence-corrected chi connectivity index (χ2v) is 4.40. The van der Waals surface area contributed by atoms with Gasteiger partial charge in [0, 0.05) is 6.42 Å². The van der Waals surface area contributed by atoms with Gasteiger partial charge in [0.15, 0.2) is 5.78 Å². The van der Waals surface area contributed by atoms with Crippen LogP contribution in [0.5, 0.6) is 0 Å². The van der Waals surface area contributed by atoms with Gasteiger partial charge in [-0.3, -0.25) is 9.69 Å². The molecular formula is C12H21NO. The van der Waals surface area contributed by atoms with Crippen LogP contribution in [0.25, 0.3) is 0 Å². The van der Waals surface area contributed by atoms with Crippen molar-refractivity contribution in [2.24, 2.45) is 0 Å². The normalized spacial score (nSPS) is 20.8. The fourth-order valence-corrected chi connectivity index (χ4v) is 2.43. The van der Waals surface area contributed by atoms with E-state index in [-0.39, 0.29) is 5.54 Å². The highest BCUT2D eigenvalue weighted by molar-refractivity contribution is 5.89. The van der Waals surface area contributed by atoms with Crippen molar-refractivity contribution in [1.29, 1.82) is 0 Å². The van der Waals surface area contributed by atoms with Gasteiger partial charge in [0.1, 0.15) is 0 Å². The highest BCUT2D eigenvalue weighted by atomic mass is 16.1. The van der Waals surface area contributed by atoms with E-state index in [2.05, 4.69) is 11.5 Å². The zero-order valence-electron chi connectivity index (χ0n) is 9.38. The number of carbonyl (C=O) groups is 1. The third-order valence-corrected chi connectivity index (χ3v) is 3.39. The summed E-state index contributed by atoms with van der Waals surface area (Å²) in [4.78, 5) is 14.2. The number of hydrogen-bond donors (Lipinski definition) is 0. The SMILES string of the molecule is C=CCC(=O)C1(N(C)C)CCCCC1. The van der Waals surface area contributed by atoms with E-state index in [4.69, 9.17) is 0 Å². The second kappa shape index (κ2) is 4.74. The minimum atomic E-state index is -0.188. The van der Waals surface area contributed by atoms with Crippen LogP contribution < -0.4 is 0 Å². The van der Waals surface area contributed by atoms with Crippen LogP contribution in [0.3, 0.4) is 0 Å². The molecule has 0 amide bonds. The van der Waals surface area contributed by atoms with E-state index in [0.29, 0.717) is 12.2 Å².